The largest absolute Gasteiger partial charge is 0.463 e. The van der Waals surface area contributed by atoms with Gasteiger partial charge in [-0.3, -0.25) is 14.4 Å². The number of hydrogen-bond acceptors (Lipinski definition) is 5. The van der Waals surface area contributed by atoms with Crippen molar-refractivity contribution in [1.82, 2.24) is 5.32 Å². The van der Waals surface area contributed by atoms with E-state index in [1.54, 1.807) is 12.1 Å². The van der Waals surface area contributed by atoms with E-state index in [1.165, 1.54) is 20.8 Å². The Labute approximate surface area is 135 Å². The number of ether oxygens (including phenoxy) is 2. The van der Waals surface area contributed by atoms with E-state index in [-0.39, 0.29) is 19.1 Å². The summed E-state index contributed by atoms with van der Waals surface area (Å²) in [6.45, 7) is 7.47. The molecule has 1 N–H and O–H groups in total. The van der Waals surface area contributed by atoms with E-state index in [9.17, 15) is 14.4 Å². The Morgan fingerprint density at radius 1 is 1.00 bits per heavy atom. The Morgan fingerprint density at radius 2 is 1.48 bits per heavy atom. The Kier molecular flexibility index (Phi) is 6.50. The summed E-state index contributed by atoms with van der Waals surface area (Å²) in [5.74, 6) is -1.38. The highest BCUT2D eigenvalue weighted by atomic mass is 16.5. The molecule has 0 unspecified atom stereocenters. The van der Waals surface area contributed by atoms with E-state index in [4.69, 9.17) is 9.47 Å². The first kappa shape index (κ1) is 18.4. The molecule has 0 aromatic heterocycles. The maximum absolute atomic E-state index is 11.7. The fourth-order valence-electron chi connectivity index (χ4n) is 2.07. The van der Waals surface area contributed by atoms with Crippen LogP contribution in [0.3, 0.4) is 0 Å². The van der Waals surface area contributed by atoms with Crippen molar-refractivity contribution >= 4 is 23.4 Å². The summed E-state index contributed by atoms with van der Waals surface area (Å²) in [6, 6.07) is 9.09. The van der Waals surface area contributed by atoms with Gasteiger partial charge in [-0.2, -0.15) is 0 Å². The molecule has 0 fully saturated rings. The van der Waals surface area contributed by atoms with Gasteiger partial charge in [-0.05, 0) is 11.1 Å². The van der Waals surface area contributed by atoms with Crippen molar-refractivity contribution in [2.45, 2.75) is 26.3 Å². The van der Waals surface area contributed by atoms with Crippen LogP contribution in [0.5, 0.6) is 0 Å². The quantitative estimate of drug-likeness (QED) is 0.774. The van der Waals surface area contributed by atoms with Crippen LogP contribution in [0.2, 0.25) is 0 Å². The number of carbonyl (C=O) groups is 3. The maximum Gasteiger partial charge on any atom is 0.302 e. The normalized spacial score (nSPS) is 10.6. The zero-order valence-corrected chi connectivity index (χ0v) is 13.5. The first-order valence-electron chi connectivity index (χ1n) is 7.07. The molecule has 0 atom stereocenters. The summed E-state index contributed by atoms with van der Waals surface area (Å²) in [4.78, 5) is 34.1. The molecular weight excluding hydrogens is 298 g/mol. The van der Waals surface area contributed by atoms with Crippen LogP contribution in [0.4, 0.5) is 0 Å². The third kappa shape index (κ3) is 5.58. The molecule has 23 heavy (non-hydrogen) atoms. The highest BCUT2D eigenvalue weighted by Crippen LogP contribution is 2.27. The van der Waals surface area contributed by atoms with Gasteiger partial charge in [0.15, 0.2) is 0 Å². The zero-order chi connectivity index (χ0) is 17.5. The van der Waals surface area contributed by atoms with Gasteiger partial charge in [0.05, 0.1) is 0 Å². The van der Waals surface area contributed by atoms with Crippen LogP contribution >= 0.6 is 0 Å². The molecule has 0 saturated heterocycles. The van der Waals surface area contributed by atoms with Gasteiger partial charge in [0.2, 0.25) is 5.91 Å². The molecule has 0 aliphatic heterocycles. The topological polar surface area (TPSA) is 81.7 Å². The number of benzene rings is 1. The Hall–Kier alpha value is -2.63. The standard InChI is InChI=1S/C17H21NO5/c1-12(16-8-6-5-7-9-16)17(18-13(2)19,10-22-14(3)20)11-23-15(4)21/h5-9H,1,10-11H2,2-4H3,(H,18,19). The zero-order valence-electron chi connectivity index (χ0n) is 13.5. The summed E-state index contributed by atoms with van der Waals surface area (Å²) >= 11 is 0. The predicted octanol–water partition coefficient (Wildman–Crippen LogP) is 1.70. The fourth-order valence-corrected chi connectivity index (χ4v) is 2.07. The first-order chi connectivity index (χ1) is 10.8. The summed E-state index contributed by atoms with van der Waals surface area (Å²) in [6.07, 6.45) is 0. The molecule has 0 spiro atoms. The van der Waals surface area contributed by atoms with E-state index in [1.807, 2.05) is 18.2 Å². The lowest BCUT2D eigenvalue weighted by Gasteiger charge is -2.35. The minimum absolute atomic E-state index is 0.192. The highest BCUT2D eigenvalue weighted by molar-refractivity contribution is 5.81. The van der Waals surface area contributed by atoms with Crippen LogP contribution in [0.15, 0.2) is 36.9 Å². The average Bonchev–Trinajstić information content (AvgIpc) is 2.49. The molecule has 1 aromatic rings. The molecule has 6 nitrogen and oxygen atoms in total. The van der Waals surface area contributed by atoms with Crippen molar-refractivity contribution in [3.63, 3.8) is 0 Å². The van der Waals surface area contributed by atoms with Crippen molar-refractivity contribution in [3.8, 4) is 0 Å². The minimum Gasteiger partial charge on any atom is -0.463 e. The van der Waals surface area contributed by atoms with Crippen LogP contribution in [0.25, 0.3) is 5.57 Å². The molecule has 0 aliphatic carbocycles. The average molecular weight is 319 g/mol. The molecule has 1 aromatic carbocycles. The van der Waals surface area contributed by atoms with Gasteiger partial charge in [-0.15, -0.1) is 0 Å². The lowest BCUT2D eigenvalue weighted by atomic mass is 9.87. The number of esters is 2. The van der Waals surface area contributed by atoms with Crippen LogP contribution in [0.1, 0.15) is 26.3 Å². The van der Waals surface area contributed by atoms with Crippen molar-refractivity contribution in [2.75, 3.05) is 13.2 Å². The lowest BCUT2D eigenvalue weighted by Crippen LogP contribution is -2.55. The van der Waals surface area contributed by atoms with Crippen LogP contribution < -0.4 is 5.32 Å². The number of carbonyl (C=O) groups excluding carboxylic acids is 3. The third-order valence-corrected chi connectivity index (χ3v) is 3.16. The molecule has 0 bridgehead atoms. The van der Waals surface area contributed by atoms with Crippen LogP contribution in [-0.4, -0.2) is 36.6 Å². The number of amides is 1. The van der Waals surface area contributed by atoms with Gasteiger partial charge in [0, 0.05) is 20.8 Å². The second-order valence-corrected chi connectivity index (χ2v) is 5.17. The number of nitrogens with one attached hydrogen (secondary N) is 1. The summed E-state index contributed by atoms with van der Waals surface area (Å²) < 4.78 is 10.2. The van der Waals surface area contributed by atoms with Gasteiger partial charge in [0.1, 0.15) is 18.8 Å². The Bertz CT molecular complexity index is 576. The molecular formula is C17H21NO5. The van der Waals surface area contributed by atoms with Gasteiger partial charge in [-0.1, -0.05) is 36.9 Å². The molecule has 124 valence electrons. The smallest absolute Gasteiger partial charge is 0.302 e. The highest BCUT2D eigenvalue weighted by Gasteiger charge is 2.38. The third-order valence-electron chi connectivity index (χ3n) is 3.16. The lowest BCUT2D eigenvalue weighted by molar-refractivity contribution is -0.148. The summed E-state index contributed by atoms with van der Waals surface area (Å²) in [5.41, 5.74) is -0.0128. The van der Waals surface area contributed by atoms with Gasteiger partial charge in [-0.25, -0.2) is 0 Å². The number of rotatable bonds is 7. The van der Waals surface area contributed by atoms with E-state index in [0.717, 1.165) is 5.56 Å². The van der Waals surface area contributed by atoms with Crippen molar-refractivity contribution in [1.29, 1.82) is 0 Å². The van der Waals surface area contributed by atoms with Gasteiger partial charge >= 0.3 is 11.9 Å². The monoisotopic (exact) mass is 319 g/mol. The fraction of sp³-hybridized carbons (Fsp3) is 0.353. The van der Waals surface area contributed by atoms with Crippen molar-refractivity contribution in [3.05, 3.63) is 42.5 Å². The second kappa shape index (κ2) is 8.12. The molecule has 6 heteroatoms. The van der Waals surface area contributed by atoms with E-state index in [0.29, 0.717) is 5.57 Å². The molecule has 0 radical (unpaired) electrons. The SMILES string of the molecule is C=C(c1ccccc1)C(COC(C)=O)(COC(C)=O)NC(C)=O. The van der Waals surface area contributed by atoms with E-state index < -0.39 is 17.5 Å². The summed E-state index contributed by atoms with van der Waals surface area (Å²) in [5, 5.41) is 2.71. The number of hydrogen-bond donors (Lipinski definition) is 1. The summed E-state index contributed by atoms with van der Waals surface area (Å²) in [7, 11) is 0. The Balaban J connectivity index is 3.21. The molecule has 0 aliphatic rings. The predicted molar refractivity (Wildman–Crippen MR) is 85.3 cm³/mol. The van der Waals surface area contributed by atoms with Gasteiger partial charge < -0.3 is 14.8 Å². The van der Waals surface area contributed by atoms with E-state index >= 15 is 0 Å². The van der Waals surface area contributed by atoms with Crippen molar-refractivity contribution < 1.29 is 23.9 Å². The second-order valence-electron chi connectivity index (χ2n) is 5.17. The first-order valence-corrected chi connectivity index (χ1v) is 7.07. The van der Waals surface area contributed by atoms with Crippen LogP contribution in [0, 0.1) is 0 Å². The minimum atomic E-state index is -1.23. The molecule has 1 rings (SSSR count). The van der Waals surface area contributed by atoms with Crippen LogP contribution in [-0.2, 0) is 23.9 Å². The Morgan fingerprint density at radius 3 is 1.87 bits per heavy atom. The van der Waals surface area contributed by atoms with E-state index in [2.05, 4.69) is 11.9 Å². The van der Waals surface area contributed by atoms with Crippen molar-refractivity contribution in [2.24, 2.45) is 0 Å². The molecule has 0 heterocycles. The molecule has 1 amide bonds. The maximum atomic E-state index is 11.7. The van der Waals surface area contributed by atoms with Gasteiger partial charge in [0.25, 0.3) is 0 Å². The molecule has 0 saturated carbocycles.